The van der Waals surface area contributed by atoms with Gasteiger partial charge in [0, 0.05) is 13.1 Å². The highest BCUT2D eigenvalue weighted by Gasteiger charge is 2.27. The van der Waals surface area contributed by atoms with E-state index in [1.807, 2.05) is 4.90 Å². The molecule has 0 bridgehead atoms. The van der Waals surface area contributed by atoms with Crippen molar-refractivity contribution in [2.75, 3.05) is 13.1 Å². The lowest BCUT2D eigenvalue weighted by Crippen LogP contribution is -2.49. The van der Waals surface area contributed by atoms with Crippen LogP contribution >= 0.6 is 0 Å². The summed E-state index contributed by atoms with van der Waals surface area (Å²) in [5.41, 5.74) is 0. The molecule has 2 atom stereocenters. The summed E-state index contributed by atoms with van der Waals surface area (Å²) in [5, 5.41) is 12.7. The molecule has 0 radical (unpaired) electrons. The number of likely N-dealkylation sites (tertiary alicyclic amines) is 1. The average molecular weight is 212 g/mol. The van der Waals surface area contributed by atoms with E-state index in [-0.39, 0.29) is 18.2 Å². The quantitative estimate of drug-likeness (QED) is 0.683. The van der Waals surface area contributed by atoms with E-state index in [0.29, 0.717) is 0 Å². The molecule has 2 fully saturated rings. The van der Waals surface area contributed by atoms with Crippen LogP contribution in [0.1, 0.15) is 38.5 Å². The van der Waals surface area contributed by atoms with E-state index in [1.54, 1.807) is 0 Å². The van der Waals surface area contributed by atoms with Gasteiger partial charge in [0.15, 0.2) is 0 Å². The van der Waals surface area contributed by atoms with Gasteiger partial charge in [0.1, 0.15) is 0 Å². The number of hydrogen-bond donors (Lipinski definition) is 2. The third-order valence-corrected chi connectivity index (χ3v) is 3.43. The number of amides is 2. The Hall–Kier alpha value is -0.770. The smallest absolute Gasteiger partial charge is 0.317 e. The van der Waals surface area contributed by atoms with Crippen molar-refractivity contribution in [1.29, 1.82) is 0 Å². The van der Waals surface area contributed by atoms with Gasteiger partial charge < -0.3 is 15.3 Å². The molecule has 2 rings (SSSR count). The Labute approximate surface area is 90.6 Å². The number of aliphatic hydroxyl groups is 1. The Balaban J connectivity index is 1.81. The summed E-state index contributed by atoms with van der Waals surface area (Å²) >= 11 is 0. The highest BCUT2D eigenvalue weighted by atomic mass is 16.3. The van der Waals surface area contributed by atoms with Crippen molar-refractivity contribution >= 4 is 6.03 Å². The number of hydrogen-bond acceptors (Lipinski definition) is 2. The standard InChI is InChI=1S/C11H20N2O2/c14-10-6-2-1-5-9(10)12-11(15)13-7-3-4-8-13/h9-10,14H,1-8H2,(H,12,15)/t9-,10-/m0/s1. The predicted molar refractivity (Wildman–Crippen MR) is 57.6 cm³/mol. The summed E-state index contributed by atoms with van der Waals surface area (Å²) in [4.78, 5) is 13.6. The first kappa shape index (κ1) is 10.7. The third-order valence-electron chi connectivity index (χ3n) is 3.43. The Morgan fingerprint density at radius 3 is 2.47 bits per heavy atom. The number of nitrogens with zero attached hydrogens (tertiary/aromatic N) is 1. The fourth-order valence-corrected chi connectivity index (χ4v) is 2.45. The van der Waals surface area contributed by atoms with Crippen molar-refractivity contribution in [3.63, 3.8) is 0 Å². The average Bonchev–Trinajstić information content (AvgIpc) is 2.74. The van der Waals surface area contributed by atoms with E-state index in [9.17, 15) is 9.90 Å². The summed E-state index contributed by atoms with van der Waals surface area (Å²) in [6.45, 7) is 1.74. The molecule has 1 saturated heterocycles. The Bertz CT molecular complexity index is 227. The number of rotatable bonds is 1. The summed E-state index contributed by atoms with van der Waals surface area (Å²) in [7, 11) is 0. The molecular weight excluding hydrogens is 192 g/mol. The van der Waals surface area contributed by atoms with Crippen molar-refractivity contribution in [1.82, 2.24) is 10.2 Å². The highest BCUT2D eigenvalue weighted by molar-refractivity contribution is 5.74. The van der Waals surface area contributed by atoms with E-state index < -0.39 is 0 Å². The van der Waals surface area contributed by atoms with E-state index in [4.69, 9.17) is 0 Å². The summed E-state index contributed by atoms with van der Waals surface area (Å²) in [6.07, 6.45) is 5.82. The Morgan fingerprint density at radius 2 is 1.80 bits per heavy atom. The van der Waals surface area contributed by atoms with Crippen molar-refractivity contribution in [2.45, 2.75) is 50.7 Å². The van der Waals surface area contributed by atoms with Gasteiger partial charge >= 0.3 is 6.03 Å². The molecule has 86 valence electrons. The summed E-state index contributed by atoms with van der Waals surface area (Å²) < 4.78 is 0. The van der Waals surface area contributed by atoms with Gasteiger partial charge in [-0.3, -0.25) is 0 Å². The Morgan fingerprint density at radius 1 is 1.13 bits per heavy atom. The molecule has 0 unspecified atom stereocenters. The molecule has 1 heterocycles. The lowest BCUT2D eigenvalue weighted by molar-refractivity contribution is 0.0908. The SMILES string of the molecule is O=C(N[C@H]1CCCC[C@@H]1O)N1CCCC1. The van der Waals surface area contributed by atoms with Crippen LogP contribution in [0.5, 0.6) is 0 Å². The summed E-state index contributed by atoms with van der Waals surface area (Å²) in [5.74, 6) is 0. The second-order valence-electron chi connectivity index (χ2n) is 4.60. The zero-order chi connectivity index (χ0) is 10.7. The largest absolute Gasteiger partial charge is 0.391 e. The maximum Gasteiger partial charge on any atom is 0.317 e. The first-order valence-corrected chi connectivity index (χ1v) is 6.01. The zero-order valence-electron chi connectivity index (χ0n) is 9.11. The molecule has 1 aliphatic heterocycles. The molecule has 4 nitrogen and oxygen atoms in total. The maximum absolute atomic E-state index is 11.8. The van der Waals surface area contributed by atoms with Crippen molar-refractivity contribution < 1.29 is 9.90 Å². The zero-order valence-corrected chi connectivity index (χ0v) is 9.11. The van der Waals surface area contributed by atoms with E-state index in [1.165, 1.54) is 0 Å². The molecule has 0 aromatic heterocycles. The molecule has 15 heavy (non-hydrogen) atoms. The number of aliphatic hydroxyl groups excluding tert-OH is 1. The van der Waals surface area contributed by atoms with Crippen LogP contribution in [0.15, 0.2) is 0 Å². The maximum atomic E-state index is 11.8. The first-order chi connectivity index (χ1) is 7.27. The minimum absolute atomic E-state index is 0.0125. The van der Waals surface area contributed by atoms with Crippen LogP contribution in [-0.4, -0.2) is 41.3 Å². The van der Waals surface area contributed by atoms with E-state index in [0.717, 1.165) is 51.6 Å². The number of urea groups is 1. The number of nitrogens with one attached hydrogen (secondary N) is 1. The fraction of sp³-hybridized carbons (Fsp3) is 0.909. The van der Waals surface area contributed by atoms with Gasteiger partial charge in [0.05, 0.1) is 12.1 Å². The highest BCUT2D eigenvalue weighted by Crippen LogP contribution is 2.19. The topological polar surface area (TPSA) is 52.6 Å². The van der Waals surface area contributed by atoms with Gasteiger partial charge in [0.25, 0.3) is 0 Å². The molecular formula is C11H20N2O2. The lowest BCUT2D eigenvalue weighted by Gasteiger charge is -2.30. The van der Waals surface area contributed by atoms with Gasteiger partial charge in [0.2, 0.25) is 0 Å². The molecule has 0 aromatic carbocycles. The van der Waals surface area contributed by atoms with Crippen LogP contribution in [0.3, 0.4) is 0 Å². The lowest BCUT2D eigenvalue weighted by atomic mass is 9.93. The second kappa shape index (κ2) is 4.84. The van der Waals surface area contributed by atoms with Crippen LogP contribution in [0.4, 0.5) is 4.79 Å². The van der Waals surface area contributed by atoms with Crippen LogP contribution in [0, 0.1) is 0 Å². The van der Waals surface area contributed by atoms with Crippen molar-refractivity contribution in [2.24, 2.45) is 0 Å². The van der Waals surface area contributed by atoms with Crippen LogP contribution in [0.2, 0.25) is 0 Å². The molecule has 2 amide bonds. The monoisotopic (exact) mass is 212 g/mol. The Kier molecular flexibility index (Phi) is 3.46. The van der Waals surface area contributed by atoms with Crippen LogP contribution < -0.4 is 5.32 Å². The van der Waals surface area contributed by atoms with E-state index >= 15 is 0 Å². The van der Waals surface area contributed by atoms with Crippen molar-refractivity contribution in [3.8, 4) is 0 Å². The van der Waals surface area contributed by atoms with Crippen LogP contribution in [-0.2, 0) is 0 Å². The van der Waals surface area contributed by atoms with Crippen LogP contribution in [0.25, 0.3) is 0 Å². The number of carbonyl (C=O) groups excluding carboxylic acids is 1. The number of carbonyl (C=O) groups is 1. The van der Waals surface area contributed by atoms with Crippen molar-refractivity contribution in [3.05, 3.63) is 0 Å². The first-order valence-electron chi connectivity index (χ1n) is 6.01. The van der Waals surface area contributed by atoms with Gasteiger partial charge in [-0.05, 0) is 25.7 Å². The molecule has 2 aliphatic rings. The van der Waals surface area contributed by atoms with E-state index in [2.05, 4.69) is 5.32 Å². The molecule has 1 saturated carbocycles. The normalized spacial score (nSPS) is 31.7. The molecule has 0 spiro atoms. The third kappa shape index (κ3) is 2.62. The predicted octanol–water partition coefficient (Wildman–Crippen LogP) is 1.10. The fourth-order valence-electron chi connectivity index (χ4n) is 2.45. The molecule has 1 aliphatic carbocycles. The minimum Gasteiger partial charge on any atom is -0.391 e. The molecule has 2 N–H and O–H groups in total. The minimum atomic E-state index is -0.342. The van der Waals surface area contributed by atoms with Gasteiger partial charge in [-0.15, -0.1) is 0 Å². The van der Waals surface area contributed by atoms with Gasteiger partial charge in [-0.1, -0.05) is 12.8 Å². The second-order valence-corrected chi connectivity index (χ2v) is 4.60. The summed E-state index contributed by atoms with van der Waals surface area (Å²) in [6, 6.07) is -0.00898. The van der Waals surface area contributed by atoms with Gasteiger partial charge in [-0.2, -0.15) is 0 Å². The van der Waals surface area contributed by atoms with Gasteiger partial charge in [-0.25, -0.2) is 4.79 Å². The molecule has 4 heteroatoms. The molecule has 0 aromatic rings.